The summed E-state index contributed by atoms with van der Waals surface area (Å²) in [6.07, 6.45) is 8.92. The number of nitrogens with zero attached hydrogens (tertiary/aromatic N) is 1. The zero-order chi connectivity index (χ0) is 23.1. The van der Waals surface area contributed by atoms with E-state index in [4.69, 9.17) is 4.74 Å². The molecule has 1 N–H and O–H groups in total. The first-order valence-corrected chi connectivity index (χ1v) is 13.3. The van der Waals surface area contributed by atoms with Crippen molar-refractivity contribution in [1.29, 1.82) is 0 Å². The second-order valence-electron chi connectivity index (χ2n) is 10.2. The summed E-state index contributed by atoms with van der Waals surface area (Å²) in [5.74, 6) is 1.64. The zero-order valence-electron chi connectivity index (χ0n) is 18.6. The number of fused-ring (bicyclic) bond motifs is 1. The summed E-state index contributed by atoms with van der Waals surface area (Å²) in [6.45, 7) is 0. The van der Waals surface area contributed by atoms with Gasteiger partial charge < -0.3 is 14.3 Å². The number of hydrogen-bond acceptors (Lipinski definition) is 5. The van der Waals surface area contributed by atoms with Crippen LogP contribution in [0.25, 0.3) is 22.0 Å². The van der Waals surface area contributed by atoms with E-state index in [-0.39, 0.29) is 22.3 Å². The standard InChI is InChI=1S/C25H26N2O5S/c1-27-13-20(18-5-6-26-22(18)24(27)29)19-9-17(33(2,30)31)3-4-21(19)32-25-10-14-7-15(11-25)23(28)16(8-14)12-25/h3-6,9,13-16,26H,7-8,10-12H2,1-2H3. The van der Waals surface area contributed by atoms with E-state index < -0.39 is 15.4 Å². The molecule has 7 nitrogen and oxygen atoms in total. The van der Waals surface area contributed by atoms with Crippen molar-refractivity contribution >= 4 is 26.5 Å². The number of ketones is 1. The molecule has 0 radical (unpaired) electrons. The lowest BCUT2D eigenvalue weighted by atomic mass is 9.53. The van der Waals surface area contributed by atoms with Gasteiger partial charge >= 0.3 is 0 Å². The summed E-state index contributed by atoms with van der Waals surface area (Å²) >= 11 is 0. The molecule has 0 amide bonds. The molecule has 8 heteroatoms. The smallest absolute Gasteiger partial charge is 0.274 e. The molecule has 2 heterocycles. The Kier molecular flexibility index (Phi) is 4.28. The van der Waals surface area contributed by atoms with Crippen LogP contribution in [0.5, 0.6) is 5.75 Å². The highest BCUT2D eigenvalue weighted by molar-refractivity contribution is 7.90. The highest BCUT2D eigenvalue weighted by Gasteiger charge is 2.56. The van der Waals surface area contributed by atoms with Crippen LogP contribution in [0.3, 0.4) is 0 Å². The molecular formula is C25H26N2O5S. The number of carbonyl (C=O) groups excluding carboxylic acids is 1. The molecule has 7 rings (SSSR count). The first-order valence-electron chi connectivity index (χ1n) is 11.4. The Morgan fingerprint density at radius 1 is 1.06 bits per heavy atom. The lowest BCUT2D eigenvalue weighted by molar-refractivity contribution is -0.156. The molecule has 2 unspecified atom stereocenters. The van der Waals surface area contributed by atoms with Gasteiger partial charge in [0.15, 0.2) is 9.84 Å². The molecule has 4 saturated carbocycles. The van der Waals surface area contributed by atoms with Crippen molar-refractivity contribution in [2.75, 3.05) is 6.26 Å². The van der Waals surface area contributed by atoms with Crippen LogP contribution in [0.15, 0.2) is 46.3 Å². The van der Waals surface area contributed by atoms with Crippen LogP contribution in [0.4, 0.5) is 0 Å². The monoisotopic (exact) mass is 466 g/mol. The maximum atomic E-state index is 12.6. The van der Waals surface area contributed by atoms with Gasteiger partial charge in [-0.05, 0) is 62.3 Å². The number of sulfone groups is 1. The van der Waals surface area contributed by atoms with Crippen LogP contribution in [0.2, 0.25) is 0 Å². The average Bonchev–Trinajstić information content (AvgIpc) is 3.23. The minimum absolute atomic E-state index is 0.0731. The molecule has 0 aliphatic heterocycles. The lowest BCUT2D eigenvalue weighted by Gasteiger charge is -2.55. The molecule has 172 valence electrons. The van der Waals surface area contributed by atoms with E-state index in [1.165, 1.54) is 10.8 Å². The number of H-pyrrole nitrogens is 1. The van der Waals surface area contributed by atoms with Gasteiger partial charge in [0.05, 0.1) is 4.90 Å². The minimum atomic E-state index is -3.45. The molecule has 33 heavy (non-hydrogen) atoms. The summed E-state index contributed by atoms with van der Waals surface area (Å²) in [5.41, 5.74) is 1.28. The van der Waals surface area contributed by atoms with Gasteiger partial charge in [-0.15, -0.1) is 0 Å². The second-order valence-corrected chi connectivity index (χ2v) is 12.2. The van der Waals surface area contributed by atoms with Crippen molar-refractivity contribution in [3.8, 4) is 16.9 Å². The molecule has 4 fully saturated rings. The average molecular weight is 467 g/mol. The number of rotatable bonds is 4. The van der Waals surface area contributed by atoms with Crippen LogP contribution in [0.1, 0.15) is 32.1 Å². The molecule has 4 bridgehead atoms. The van der Waals surface area contributed by atoms with Crippen LogP contribution < -0.4 is 10.3 Å². The van der Waals surface area contributed by atoms with Gasteiger partial charge in [0.2, 0.25) is 0 Å². The summed E-state index contributed by atoms with van der Waals surface area (Å²) < 4.78 is 33.0. The maximum absolute atomic E-state index is 12.6. The van der Waals surface area contributed by atoms with E-state index in [0.29, 0.717) is 33.9 Å². The molecule has 3 aromatic rings. The van der Waals surface area contributed by atoms with Crippen LogP contribution in [0, 0.1) is 17.8 Å². The van der Waals surface area contributed by atoms with Gasteiger partial charge in [0.1, 0.15) is 22.7 Å². The third-order valence-electron chi connectivity index (χ3n) is 7.83. The summed E-state index contributed by atoms with van der Waals surface area (Å²) in [6, 6.07) is 6.78. The van der Waals surface area contributed by atoms with E-state index in [1.54, 1.807) is 37.6 Å². The first-order chi connectivity index (χ1) is 15.6. The Bertz CT molecular complexity index is 1460. The van der Waals surface area contributed by atoms with E-state index in [1.807, 2.05) is 6.07 Å². The number of Topliss-reactive ketones (excluding diaryl/α,β-unsaturated/α-hetero) is 1. The summed E-state index contributed by atoms with van der Waals surface area (Å²) in [5, 5.41) is 0.717. The van der Waals surface area contributed by atoms with E-state index >= 15 is 0 Å². The van der Waals surface area contributed by atoms with Crippen molar-refractivity contribution < 1.29 is 17.9 Å². The van der Waals surface area contributed by atoms with Gasteiger partial charge in [0, 0.05) is 54.0 Å². The molecule has 0 spiro atoms. The van der Waals surface area contributed by atoms with Gasteiger partial charge in [-0.1, -0.05) is 0 Å². The van der Waals surface area contributed by atoms with Gasteiger partial charge in [-0.25, -0.2) is 8.42 Å². The molecule has 4 aliphatic rings. The highest BCUT2D eigenvalue weighted by Crippen LogP contribution is 2.56. The predicted octanol–water partition coefficient (Wildman–Crippen LogP) is 3.46. The minimum Gasteiger partial charge on any atom is -0.487 e. The number of pyridine rings is 1. The number of aryl methyl sites for hydroxylation is 1. The van der Waals surface area contributed by atoms with Crippen LogP contribution >= 0.6 is 0 Å². The Balaban J connectivity index is 1.52. The van der Waals surface area contributed by atoms with Gasteiger partial charge in [-0.3, -0.25) is 9.59 Å². The number of benzene rings is 1. The highest BCUT2D eigenvalue weighted by atomic mass is 32.2. The number of aromatic amines is 1. The quantitative estimate of drug-likeness (QED) is 0.635. The largest absolute Gasteiger partial charge is 0.487 e. The van der Waals surface area contributed by atoms with Gasteiger partial charge in [-0.2, -0.15) is 0 Å². The van der Waals surface area contributed by atoms with E-state index in [2.05, 4.69) is 4.98 Å². The number of aromatic nitrogens is 2. The normalized spacial score (nSPS) is 28.5. The van der Waals surface area contributed by atoms with Crippen molar-refractivity contribution in [3.63, 3.8) is 0 Å². The second kappa shape index (κ2) is 6.82. The zero-order valence-corrected chi connectivity index (χ0v) is 19.4. The fraction of sp³-hybridized carbons (Fsp3) is 0.440. The molecule has 2 aromatic heterocycles. The Labute approximate surface area is 191 Å². The Morgan fingerprint density at radius 3 is 2.48 bits per heavy atom. The molecule has 0 saturated heterocycles. The topological polar surface area (TPSA) is 98.2 Å². The van der Waals surface area contributed by atoms with Crippen molar-refractivity contribution in [1.82, 2.24) is 9.55 Å². The van der Waals surface area contributed by atoms with Gasteiger partial charge in [0.25, 0.3) is 5.56 Å². The van der Waals surface area contributed by atoms with E-state index in [0.717, 1.165) is 37.7 Å². The fourth-order valence-electron chi connectivity index (χ4n) is 6.56. The van der Waals surface area contributed by atoms with Crippen LogP contribution in [-0.2, 0) is 21.7 Å². The Hall–Kier alpha value is -2.87. The number of ether oxygens (including phenoxy) is 1. The van der Waals surface area contributed by atoms with E-state index in [9.17, 15) is 18.0 Å². The Morgan fingerprint density at radius 2 is 1.79 bits per heavy atom. The maximum Gasteiger partial charge on any atom is 0.274 e. The molecule has 4 aliphatic carbocycles. The third-order valence-corrected chi connectivity index (χ3v) is 8.94. The lowest BCUT2D eigenvalue weighted by Crippen LogP contribution is -2.57. The SMILES string of the molecule is Cn1cc(-c2cc(S(C)(=O)=O)ccc2OC23CC4CC(C2)C(=O)C(C4)C3)c2cc[nH]c2c1=O. The number of carbonyl (C=O) groups is 1. The van der Waals surface area contributed by atoms with Crippen LogP contribution in [-0.4, -0.2) is 35.6 Å². The predicted molar refractivity (Wildman–Crippen MR) is 124 cm³/mol. The summed E-state index contributed by atoms with van der Waals surface area (Å²) in [4.78, 5) is 28.4. The molecule has 2 atom stereocenters. The molecular weight excluding hydrogens is 440 g/mol. The van der Waals surface area contributed by atoms with Crippen molar-refractivity contribution in [2.45, 2.75) is 42.6 Å². The van der Waals surface area contributed by atoms with Crippen molar-refractivity contribution in [3.05, 3.63) is 47.0 Å². The van der Waals surface area contributed by atoms with Crippen molar-refractivity contribution in [2.24, 2.45) is 24.8 Å². The number of hydrogen-bond donors (Lipinski definition) is 1. The summed E-state index contributed by atoms with van der Waals surface area (Å²) in [7, 11) is -1.77. The molecule has 1 aromatic carbocycles. The first kappa shape index (κ1) is 20.7. The third kappa shape index (κ3) is 3.18. The number of nitrogens with one attached hydrogen (secondary N) is 1. The fourth-order valence-corrected chi connectivity index (χ4v) is 7.20.